The fraction of sp³-hybridized carbons (Fsp3) is 0.241. The molecule has 368 valence electrons. The number of amides is 2. The Morgan fingerprint density at radius 3 is 1.31 bits per heavy atom. The van der Waals surface area contributed by atoms with Crippen LogP contribution in [0.2, 0.25) is 0 Å². The van der Waals surface area contributed by atoms with E-state index in [0.717, 1.165) is 38.7 Å². The molecule has 6 aromatic rings. The number of carbonyl (C=O) groups excluding carboxylic acids is 4. The van der Waals surface area contributed by atoms with Gasteiger partial charge in [-0.15, -0.1) is 0 Å². The van der Waals surface area contributed by atoms with Crippen LogP contribution >= 0.6 is 15.9 Å². The van der Waals surface area contributed by atoms with E-state index >= 15 is 0 Å². The fourth-order valence-corrected chi connectivity index (χ4v) is 8.70. The van der Waals surface area contributed by atoms with E-state index < -0.39 is 42.0 Å². The summed E-state index contributed by atoms with van der Waals surface area (Å²) >= 11 is 3.26. The number of alkyl halides is 1. The van der Waals surface area contributed by atoms with Crippen LogP contribution in [-0.4, -0.2) is 102 Å². The molecule has 2 aliphatic rings. The van der Waals surface area contributed by atoms with Crippen LogP contribution in [0.15, 0.2) is 182 Å². The Hall–Kier alpha value is -7.06. The molecular formula is C58H57BrF2N2O8. The third-order valence-electron chi connectivity index (χ3n) is 12.0. The van der Waals surface area contributed by atoms with Gasteiger partial charge in [-0.2, -0.15) is 0 Å². The fourth-order valence-electron chi connectivity index (χ4n) is 8.51. The van der Waals surface area contributed by atoms with Crippen molar-refractivity contribution in [2.75, 3.05) is 39.2 Å². The van der Waals surface area contributed by atoms with E-state index in [4.69, 9.17) is 14.2 Å². The summed E-state index contributed by atoms with van der Waals surface area (Å²) in [6, 6.07) is 49.1. The molecule has 2 fully saturated rings. The van der Waals surface area contributed by atoms with Crippen LogP contribution in [0.25, 0.3) is 12.2 Å². The molecule has 8 rings (SSSR count). The molecule has 13 heteroatoms. The maximum absolute atomic E-state index is 13.9. The topological polar surface area (TPSA) is 123 Å². The van der Waals surface area contributed by atoms with E-state index in [1.807, 2.05) is 146 Å². The molecule has 4 atom stereocenters. The smallest absolute Gasteiger partial charge is 0.328 e. The normalized spacial score (nSPS) is 17.4. The Bertz CT molecular complexity index is 2580. The van der Waals surface area contributed by atoms with Gasteiger partial charge in [-0.3, -0.25) is 9.59 Å². The number of esters is 2. The first-order chi connectivity index (χ1) is 34.5. The maximum Gasteiger partial charge on any atom is 0.328 e. The summed E-state index contributed by atoms with van der Waals surface area (Å²) in [6.45, 7) is 0.729. The number of allylic oxidation sites excluding steroid dienone is 1. The van der Waals surface area contributed by atoms with Crippen molar-refractivity contribution in [1.29, 1.82) is 0 Å². The number of aliphatic hydroxyl groups is 1. The Morgan fingerprint density at radius 1 is 0.563 bits per heavy atom. The van der Waals surface area contributed by atoms with E-state index in [2.05, 4.69) is 15.9 Å². The quantitative estimate of drug-likeness (QED) is 0.0846. The lowest BCUT2D eigenvalue weighted by atomic mass is 9.90. The average Bonchev–Trinajstić information content (AvgIpc) is 4.03. The molecule has 0 saturated carbocycles. The summed E-state index contributed by atoms with van der Waals surface area (Å²) < 4.78 is 41.2. The zero-order chi connectivity index (χ0) is 50.5. The van der Waals surface area contributed by atoms with Gasteiger partial charge in [-0.1, -0.05) is 186 Å². The van der Waals surface area contributed by atoms with Crippen molar-refractivity contribution in [2.24, 2.45) is 0 Å². The van der Waals surface area contributed by atoms with Crippen LogP contribution in [0.5, 0.6) is 0 Å². The van der Waals surface area contributed by atoms with E-state index in [9.17, 15) is 33.1 Å². The first-order valence-electron chi connectivity index (χ1n) is 23.2. The molecule has 2 saturated heterocycles. The standard InChI is InChI=1S/C29H28FNO4.C20H21NO4.C9H8BrF/c1-34-29(33)26-19-25(35-18-8-9-21-14-16-24(30)17-15-21)20-31(26)28(32)27(22-10-4-2-5-11-22)23-12-6-3-7-13-23;1-25-20(24)17-12-16(22)13-21(17)19(23)18(14-8-4-2-5-9-14)15-10-6-3-7-11-15;10-7-1-2-8-3-5-9(11)6-4-8/h2-17,25-27H,18-20H2,1H3;2-11,16-18,22H,12-13H2,1H3;1-6H,7H2/b9-8+;;2-1+/t25-,26-;16-,17-;/m00./s1. The Kier molecular flexibility index (Phi) is 20.5. The summed E-state index contributed by atoms with van der Waals surface area (Å²) in [5.41, 5.74) is 5.30. The molecule has 6 aromatic carbocycles. The second-order valence-electron chi connectivity index (χ2n) is 16.7. The van der Waals surface area contributed by atoms with E-state index in [0.29, 0.717) is 19.6 Å². The highest BCUT2D eigenvalue weighted by molar-refractivity contribution is 9.09. The van der Waals surface area contributed by atoms with E-state index in [1.54, 1.807) is 29.2 Å². The largest absolute Gasteiger partial charge is 0.467 e. The number of ether oxygens (including phenoxy) is 3. The number of β-amino-alcohol motifs (C(OH)–C–C–N with tert-alkyl or cyclic N) is 1. The van der Waals surface area contributed by atoms with Gasteiger partial charge in [0.05, 0.1) is 44.9 Å². The number of halogens is 3. The number of aliphatic hydroxyl groups excluding tert-OH is 1. The van der Waals surface area contributed by atoms with Gasteiger partial charge in [-0.05, 0) is 57.6 Å². The molecule has 2 aliphatic heterocycles. The number of nitrogens with zero attached hydrogens (tertiary/aromatic N) is 2. The molecule has 0 aliphatic carbocycles. The molecule has 1 N–H and O–H groups in total. The highest BCUT2D eigenvalue weighted by atomic mass is 79.9. The van der Waals surface area contributed by atoms with Crippen molar-refractivity contribution in [1.82, 2.24) is 9.80 Å². The van der Waals surface area contributed by atoms with Crippen molar-refractivity contribution in [3.63, 3.8) is 0 Å². The lowest BCUT2D eigenvalue weighted by Crippen LogP contribution is -2.43. The molecule has 0 bridgehead atoms. The minimum absolute atomic E-state index is 0.134. The van der Waals surface area contributed by atoms with Gasteiger partial charge in [0.2, 0.25) is 11.8 Å². The molecule has 0 aromatic heterocycles. The first-order valence-corrected chi connectivity index (χ1v) is 24.3. The molecule has 10 nitrogen and oxygen atoms in total. The number of rotatable bonds is 14. The van der Waals surface area contributed by atoms with Crippen molar-refractivity contribution >= 4 is 51.8 Å². The predicted octanol–water partition coefficient (Wildman–Crippen LogP) is 10.0. The predicted molar refractivity (Wildman–Crippen MR) is 274 cm³/mol. The molecular weight excluding hydrogens is 971 g/mol. The second kappa shape index (κ2) is 27.4. The molecule has 0 radical (unpaired) electrons. The summed E-state index contributed by atoms with van der Waals surface area (Å²) in [7, 11) is 2.62. The van der Waals surface area contributed by atoms with Gasteiger partial charge in [0.1, 0.15) is 23.7 Å². The van der Waals surface area contributed by atoms with Gasteiger partial charge in [0.25, 0.3) is 0 Å². The monoisotopic (exact) mass is 1030 g/mol. The third-order valence-corrected chi connectivity index (χ3v) is 12.3. The Morgan fingerprint density at radius 2 is 0.930 bits per heavy atom. The lowest BCUT2D eigenvalue weighted by molar-refractivity contribution is -0.151. The van der Waals surface area contributed by atoms with Gasteiger partial charge >= 0.3 is 11.9 Å². The van der Waals surface area contributed by atoms with Crippen molar-refractivity contribution in [2.45, 2.75) is 49.0 Å². The van der Waals surface area contributed by atoms with Crippen LogP contribution in [0.3, 0.4) is 0 Å². The first kappa shape index (κ1) is 53.3. The van der Waals surface area contributed by atoms with Crippen LogP contribution < -0.4 is 0 Å². The zero-order valence-corrected chi connectivity index (χ0v) is 41.1. The van der Waals surface area contributed by atoms with Gasteiger partial charge in [0, 0.05) is 31.3 Å². The van der Waals surface area contributed by atoms with Crippen LogP contribution in [0, 0.1) is 11.6 Å². The van der Waals surface area contributed by atoms with Gasteiger partial charge < -0.3 is 29.1 Å². The number of benzene rings is 6. The summed E-state index contributed by atoms with van der Waals surface area (Å²) in [6.07, 6.45) is 7.11. The summed E-state index contributed by atoms with van der Waals surface area (Å²) in [5, 5.41) is 10.8. The van der Waals surface area contributed by atoms with Crippen LogP contribution in [0.1, 0.15) is 58.1 Å². The minimum Gasteiger partial charge on any atom is -0.467 e. The molecule has 2 heterocycles. The van der Waals surface area contributed by atoms with Crippen molar-refractivity contribution in [3.8, 4) is 0 Å². The number of likely N-dealkylation sites (tertiary alicyclic amines) is 2. The number of carbonyl (C=O) groups is 4. The highest BCUT2D eigenvalue weighted by Crippen LogP contribution is 2.33. The zero-order valence-electron chi connectivity index (χ0n) is 39.5. The molecule has 0 spiro atoms. The molecule has 2 amide bonds. The second-order valence-corrected chi connectivity index (χ2v) is 17.4. The van der Waals surface area contributed by atoms with Gasteiger partial charge in [-0.25, -0.2) is 18.4 Å². The Labute approximate surface area is 422 Å². The van der Waals surface area contributed by atoms with Crippen molar-refractivity contribution in [3.05, 3.63) is 227 Å². The van der Waals surface area contributed by atoms with Crippen LogP contribution in [0.4, 0.5) is 8.78 Å². The van der Waals surface area contributed by atoms with Gasteiger partial charge in [0.15, 0.2) is 0 Å². The molecule has 71 heavy (non-hydrogen) atoms. The minimum atomic E-state index is -0.748. The maximum atomic E-state index is 13.9. The SMILES string of the molecule is COC(=O)[C@@H]1C[C@H](O)CN1C(=O)C(c1ccccc1)c1ccccc1.COC(=O)[C@@H]1C[C@H](OC/C=C/c2ccc(F)cc2)CN1C(=O)C(c1ccccc1)c1ccccc1.Fc1ccc(/C=C/CBr)cc1. The number of hydrogen-bond donors (Lipinski definition) is 1. The summed E-state index contributed by atoms with van der Waals surface area (Å²) in [5.74, 6) is -2.86. The summed E-state index contributed by atoms with van der Waals surface area (Å²) in [4.78, 5) is 54.9. The Balaban J connectivity index is 0.000000198. The third kappa shape index (κ3) is 15.2. The average molecular weight is 1030 g/mol. The number of methoxy groups -OCH3 is 2. The number of hydrogen-bond acceptors (Lipinski definition) is 8. The van der Waals surface area contributed by atoms with Crippen LogP contribution in [-0.2, 0) is 33.4 Å². The molecule has 0 unspecified atom stereocenters. The van der Waals surface area contributed by atoms with E-state index in [1.165, 1.54) is 43.4 Å². The lowest BCUT2D eigenvalue weighted by Gasteiger charge is -2.28. The van der Waals surface area contributed by atoms with E-state index in [-0.39, 0.29) is 42.5 Å². The van der Waals surface area contributed by atoms with Crippen molar-refractivity contribution < 1.29 is 47.3 Å². The highest BCUT2D eigenvalue weighted by Gasteiger charge is 2.44.